The zero-order chi connectivity index (χ0) is 25.9. The van der Waals surface area contributed by atoms with Gasteiger partial charge in [0.15, 0.2) is 0 Å². The highest BCUT2D eigenvalue weighted by Gasteiger charge is 2.37. The summed E-state index contributed by atoms with van der Waals surface area (Å²) in [5.41, 5.74) is 1.53. The number of H-pyrrole nitrogens is 1. The number of aryl methyl sites for hydroxylation is 2. The molecule has 0 spiro atoms. The molecule has 0 bridgehead atoms. The van der Waals surface area contributed by atoms with Crippen LogP contribution in [0, 0.1) is 12.8 Å². The lowest BCUT2D eigenvalue weighted by atomic mass is 9.92. The predicted octanol–water partition coefficient (Wildman–Crippen LogP) is 4.68. The quantitative estimate of drug-likeness (QED) is 0.443. The van der Waals surface area contributed by atoms with Gasteiger partial charge in [-0.05, 0) is 61.1 Å². The monoisotopic (exact) mass is 496 g/mol. The van der Waals surface area contributed by atoms with E-state index in [-0.39, 0.29) is 29.9 Å². The van der Waals surface area contributed by atoms with E-state index in [1.54, 1.807) is 37.3 Å². The summed E-state index contributed by atoms with van der Waals surface area (Å²) < 4.78 is 42.9. The van der Waals surface area contributed by atoms with Crippen LogP contribution in [0.5, 0.6) is 0 Å². The Labute approximate surface area is 204 Å². The van der Waals surface area contributed by atoms with Gasteiger partial charge in [0.1, 0.15) is 5.56 Å². The fraction of sp³-hybridized carbons (Fsp3) is 0.231. The smallest absolute Gasteiger partial charge is 0.326 e. The van der Waals surface area contributed by atoms with Crippen molar-refractivity contribution in [2.45, 2.75) is 32.4 Å². The molecule has 0 radical (unpaired) electrons. The van der Waals surface area contributed by atoms with Gasteiger partial charge in [0.25, 0.3) is 11.5 Å². The molecule has 1 aliphatic rings. The van der Waals surface area contributed by atoms with Gasteiger partial charge in [-0.15, -0.1) is 0 Å². The maximum Gasteiger partial charge on any atom is 0.418 e. The minimum absolute atomic E-state index is 0.0150. The molecule has 4 rings (SSSR count). The second-order valence-electron chi connectivity index (χ2n) is 8.51. The maximum atomic E-state index is 14.3. The minimum Gasteiger partial charge on any atom is -0.326 e. The van der Waals surface area contributed by atoms with Crippen molar-refractivity contribution in [3.05, 3.63) is 87.3 Å². The molecule has 7 nitrogen and oxygen atoms in total. The number of hydrogen-bond donors (Lipinski definition) is 3. The fourth-order valence-corrected chi connectivity index (χ4v) is 4.13. The number of aromatic amines is 1. The molecule has 0 saturated heterocycles. The summed E-state index contributed by atoms with van der Waals surface area (Å²) in [6.45, 7) is 1.63. The average molecular weight is 496 g/mol. The maximum absolute atomic E-state index is 14.3. The highest BCUT2D eigenvalue weighted by Crippen LogP contribution is 2.41. The summed E-state index contributed by atoms with van der Waals surface area (Å²) in [7, 11) is 0. The van der Waals surface area contributed by atoms with Crippen LogP contribution in [-0.2, 0) is 17.4 Å². The molecule has 1 aliphatic heterocycles. The number of hydrogen-bond acceptors (Lipinski definition) is 4. The molecule has 2 heterocycles. The number of nitrogens with one attached hydrogen (secondary N) is 3. The van der Waals surface area contributed by atoms with Crippen molar-refractivity contribution in [2.24, 2.45) is 11.0 Å². The van der Waals surface area contributed by atoms with Crippen molar-refractivity contribution < 1.29 is 22.8 Å². The molecule has 3 N–H and O–H groups in total. The van der Waals surface area contributed by atoms with Crippen LogP contribution in [0.1, 0.15) is 40.0 Å². The van der Waals surface area contributed by atoms with Crippen LogP contribution in [0.15, 0.2) is 64.5 Å². The van der Waals surface area contributed by atoms with Gasteiger partial charge in [0.05, 0.1) is 17.2 Å². The number of carbonyl (C=O) groups excluding carboxylic acids is 2. The molecule has 3 aromatic rings. The van der Waals surface area contributed by atoms with E-state index in [0.29, 0.717) is 23.2 Å². The van der Waals surface area contributed by atoms with Crippen LogP contribution < -0.4 is 16.3 Å². The Kier molecular flexibility index (Phi) is 7.05. The highest BCUT2D eigenvalue weighted by molar-refractivity contribution is 6.05. The molecule has 1 aromatic heterocycles. The molecular formula is C26H23F3N4O3. The van der Waals surface area contributed by atoms with Gasteiger partial charge in [-0.3, -0.25) is 14.4 Å². The van der Waals surface area contributed by atoms with Crippen LogP contribution in [0.2, 0.25) is 0 Å². The molecule has 2 aromatic carbocycles. The van der Waals surface area contributed by atoms with Crippen LogP contribution in [0.4, 0.5) is 18.9 Å². The molecule has 2 amide bonds. The standard InChI is InChI=1S/C26H23F3N4O3/c1-15-10-11-20(24(35)31-15)25(36)32-21-13-19(16-6-3-2-4-7-16)12-17(22(21)26(27,28)29)8-5-9-18-14-30-33-23(18)34/h2-4,6-7,10-14,18H,5,8-9H2,1H3,(H,31,35)(H,32,36)(H,33,34). The first-order valence-electron chi connectivity index (χ1n) is 11.3. The number of hydrazone groups is 1. The molecule has 1 atom stereocenters. The van der Waals surface area contributed by atoms with E-state index in [9.17, 15) is 27.6 Å². The second-order valence-corrected chi connectivity index (χ2v) is 8.51. The third-order valence-electron chi connectivity index (χ3n) is 5.89. The molecular weight excluding hydrogens is 473 g/mol. The van der Waals surface area contributed by atoms with Gasteiger partial charge in [-0.25, -0.2) is 5.43 Å². The number of halogens is 3. The van der Waals surface area contributed by atoms with Crippen molar-refractivity contribution in [1.29, 1.82) is 0 Å². The van der Waals surface area contributed by atoms with Crippen molar-refractivity contribution in [2.75, 3.05) is 5.32 Å². The van der Waals surface area contributed by atoms with Crippen LogP contribution in [-0.4, -0.2) is 23.0 Å². The van der Waals surface area contributed by atoms with E-state index in [2.05, 4.69) is 20.8 Å². The molecule has 0 aliphatic carbocycles. The zero-order valence-corrected chi connectivity index (χ0v) is 19.3. The summed E-state index contributed by atoms with van der Waals surface area (Å²) in [6, 6.07) is 14.3. The normalized spacial score (nSPS) is 15.1. The van der Waals surface area contributed by atoms with E-state index in [0.717, 1.165) is 0 Å². The van der Waals surface area contributed by atoms with Crippen molar-refractivity contribution in [3.8, 4) is 11.1 Å². The Morgan fingerprint density at radius 3 is 2.44 bits per heavy atom. The average Bonchev–Trinajstić information content (AvgIpc) is 3.23. The summed E-state index contributed by atoms with van der Waals surface area (Å²) in [4.78, 5) is 39.3. The molecule has 0 fully saturated rings. The van der Waals surface area contributed by atoms with Crippen molar-refractivity contribution in [3.63, 3.8) is 0 Å². The zero-order valence-electron chi connectivity index (χ0n) is 19.3. The molecule has 36 heavy (non-hydrogen) atoms. The lowest BCUT2D eigenvalue weighted by Gasteiger charge is -2.20. The minimum atomic E-state index is -4.78. The van der Waals surface area contributed by atoms with Crippen LogP contribution in [0.25, 0.3) is 11.1 Å². The SMILES string of the molecule is Cc1ccc(C(=O)Nc2cc(-c3ccccc3)cc(CCCC3C=NNC3=O)c2C(F)(F)F)c(=O)[nH]1. The lowest BCUT2D eigenvalue weighted by Crippen LogP contribution is -2.25. The summed E-state index contributed by atoms with van der Waals surface area (Å²) in [5.74, 6) is -1.74. The second kappa shape index (κ2) is 10.2. The van der Waals surface area contributed by atoms with E-state index < -0.39 is 34.8 Å². The van der Waals surface area contributed by atoms with Gasteiger partial charge >= 0.3 is 6.18 Å². The van der Waals surface area contributed by atoms with Gasteiger partial charge in [0.2, 0.25) is 5.91 Å². The molecule has 1 unspecified atom stereocenters. The van der Waals surface area contributed by atoms with E-state index in [4.69, 9.17) is 0 Å². The van der Waals surface area contributed by atoms with Gasteiger partial charge in [-0.1, -0.05) is 36.4 Å². The number of carbonyl (C=O) groups is 2. The first kappa shape index (κ1) is 24.9. The first-order valence-corrected chi connectivity index (χ1v) is 11.3. The van der Waals surface area contributed by atoms with E-state index >= 15 is 0 Å². The van der Waals surface area contributed by atoms with Gasteiger partial charge in [0, 0.05) is 11.9 Å². The summed E-state index contributed by atoms with van der Waals surface area (Å²) >= 11 is 0. The van der Waals surface area contributed by atoms with E-state index in [1.165, 1.54) is 30.5 Å². The Balaban J connectivity index is 1.75. The number of benzene rings is 2. The van der Waals surface area contributed by atoms with Crippen LogP contribution >= 0.6 is 0 Å². The lowest BCUT2D eigenvalue weighted by molar-refractivity contribution is -0.137. The summed E-state index contributed by atoms with van der Waals surface area (Å²) in [5, 5.41) is 6.01. The Morgan fingerprint density at radius 2 is 1.81 bits per heavy atom. The van der Waals surface area contributed by atoms with Crippen LogP contribution in [0.3, 0.4) is 0 Å². The van der Waals surface area contributed by atoms with E-state index in [1.807, 2.05) is 0 Å². The Bertz CT molecular complexity index is 1380. The fourth-order valence-electron chi connectivity index (χ4n) is 4.13. The summed E-state index contributed by atoms with van der Waals surface area (Å²) in [6.07, 6.45) is -2.71. The Morgan fingerprint density at radius 1 is 1.06 bits per heavy atom. The number of rotatable bonds is 7. The number of alkyl halides is 3. The van der Waals surface area contributed by atoms with Gasteiger partial charge in [-0.2, -0.15) is 18.3 Å². The number of amides is 2. The number of anilines is 1. The first-order chi connectivity index (χ1) is 17.1. The highest BCUT2D eigenvalue weighted by atomic mass is 19.4. The predicted molar refractivity (Wildman–Crippen MR) is 130 cm³/mol. The number of aromatic nitrogens is 1. The number of pyridine rings is 1. The van der Waals surface area contributed by atoms with Crippen molar-refractivity contribution >= 4 is 23.7 Å². The molecule has 10 heteroatoms. The van der Waals surface area contributed by atoms with Gasteiger partial charge < -0.3 is 10.3 Å². The number of nitrogens with zero attached hydrogens (tertiary/aromatic N) is 1. The topological polar surface area (TPSA) is 103 Å². The molecule has 186 valence electrons. The molecule has 0 saturated carbocycles. The third-order valence-corrected chi connectivity index (χ3v) is 5.89. The van der Waals surface area contributed by atoms with Crippen molar-refractivity contribution in [1.82, 2.24) is 10.4 Å². The largest absolute Gasteiger partial charge is 0.418 e. The Hall–Kier alpha value is -4.21. The third kappa shape index (κ3) is 5.54.